The highest BCUT2D eigenvalue weighted by molar-refractivity contribution is 6.32. The van der Waals surface area contributed by atoms with E-state index in [1.54, 1.807) is 6.07 Å². The van der Waals surface area contributed by atoms with E-state index in [0.717, 1.165) is 49.2 Å². The van der Waals surface area contributed by atoms with E-state index in [2.05, 4.69) is 15.2 Å². The molecule has 0 atom stereocenters. The van der Waals surface area contributed by atoms with Crippen molar-refractivity contribution >= 4 is 33.9 Å². The maximum absolute atomic E-state index is 6.13. The number of pyridine rings is 1. The third-order valence-electron chi connectivity index (χ3n) is 3.50. The molecule has 0 amide bonds. The average Bonchev–Trinajstić information content (AvgIpc) is 2.67. The minimum atomic E-state index is 0.659. The topological polar surface area (TPSA) is 54.2 Å². The summed E-state index contributed by atoms with van der Waals surface area (Å²) in [5.74, 6) is 0.982. The first-order chi connectivity index (χ1) is 9.25. The van der Waals surface area contributed by atoms with E-state index >= 15 is 0 Å². The lowest BCUT2D eigenvalue weighted by molar-refractivity contribution is 0.724. The van der Waals surface area contributed by atoms with Crippen LogP contribution in [0.2, 0.25) is 5.02 Å². The van der Waals surface area contributed by atoms with Crippen LogP contribution in [0.4, 0.5) is 11.5 Å². The molecule has 1 aliphatic rings. The van der Waals surface area contributed by atoms with E-state index in [1.807, 2.05) is 18.3 Å². The Kier molecular flexibility index (Phi) is 3.44. The van der Waals surface area contributed by atoms with Crippen molar-refractivity contribution in [2.24, 2.45) is 0 Å². The van der Waals surface area contributed by atoms with Crippen LogP contribution in [-0.4, -0.2) is 31.2 Å². The van der Waals surface area contributed by atoms with Gasteiger partial charge < -0.3 is 16.0 Å². The Morgan fingerprint density at radius 1 is 1.21 bits per heavy atom. The van der Waals surface area contributed by atoms with Crippen LogP contribution in [-0.2, 0) is 0 Å². The number of aromatic nitrogens is 1. The first-order valence-electron chi connectivity index (χ1n) is 6.55. The monoisotopic (exact) mass is 276 g/mol. The molecule has 1 saturated heterocycles. The quantitative estimate of drug-likeness (QED) is 0.785. The second-order valence-electron chi connectivity index (χ2n) is 4.82. The van der Waals surface area contributed by atoms with E-state index in [9.17, 15) is 0 Å². The normalized spacial score (nSPS) is 16.6. The first kappa shape index (κ1) is 12.5. The molecule has 3 rings (SSSR count). The summed E-state index contributed by atoms with van der Waals surface area (Å²) in [6, 6.07) is 5.69. The Labute approximate surface area is 117 Å². The zero-order valence-corrected chi connectivity index (χ0v) is 11.5. The third-order valence-corrected chi connectivity index (χ3v) is 3.71. The van der Waals surface area contributed by atoms with E-state index in [1.165, 1.54) is 0 Å². The number of anilines is 2. The molecule has 2 heterocycles. The Bertz CT molecular complexity index is 591. The fourth-order valence-corrected chi connectivity index (χ4v) is 2.80. The minimum Gasteiger partial charge on any atom is -0.398 e. The van der Waals surface area contributed by atoms with Gasteiger partial charge in [-0.1, -0.05) is 11.6 Å². The molecule has 1 aliphatic heterocycles. The Hall–Kier alpha value is -1.52. The third kappa shape index (κ3) is 2.46. The van der Waals surface area contributed by atoms with Crippen molar-refractivity contribution in [1.29, 1.82) is 0 Å². The van der Waals surface area contributed by atoms with E-state index < -0.39 is 0 Å². The summed E-state index contributed by atoms with van der Waals surface area (Å²) in [6.07, 6.45) is 2.94. The fourth-order valence-electron chi connectivity index (χ4n) is 2.57. The zero-order chi connectivity index (χ0) is 13.2. The highest BCUT2D eigenvalue weighted by Crippen LogP contribution is 2.31. The van der Waals surface area contributed by atoms with Crippen molar-refractivity contribution in [3.05, 3.63) is 29.4 Å². The van der Waals surface area contributed by atoms with Gasteiger partial charge in [0, 0.05) is 47.3 Å². The van der Waals surface area contributed by atoms with Crippen LogP contribution in [0.25, 0.3) is 10.8 Å². The number of halogens is 1. The van der Waals surface area contributed by atoms with Gasteiger partial charge in [0.05, 0.1) is 0 Å². The van der Waals surface area contributed by atoms with Crippen molar-refractivity contribution in [2.45, 2.75) is 6.42 Å². The second kappa shape index (κ2) is 5.23. The number of nitrogens with one attached hydrogen (secondary N) is 1. The molecule has 0 radical (unpaired) electrons. The van der Waals surface area contributed by atoms with Gasteiger partial charge in [-0.25, -0.2) is 4.98 Å². The van der Waals surface area contributed by atoms with E-state index in [-0.39, 0.29) is 0 Å². The summed E-state index contributed by atoms with van der Waals surface area (Å²) >= 11 is 6.13. The summed E-state index contributed by atoms with van der Waals surface area (Å²) in [5.41, 5.74) is 6.75. The SMILES string of the molecule is Nc1cc(Cl)cc2c(N3CCCNCC3)nccc12. The number of benzene rings is 1. The van der Waals surface area contributed by atoms with Gasteiger partial charge in [0.2, 0.25) is 0 Å². The van der Waals surface area contributed by atoms with Crippen molar-refractivity contribution in [2.75, 3.05) is 36.8 Å². The maximum Gasteiger partial charge on any atom is 0.136 e. The van der Waals surface area contributed by atoms with Crippen molar-refractivity contribution in [3.63, 3.8) is 0 Å². The number of hydrogen-bond donors (Lipinski definition) is 2. The van der Waals surface area contributed by atoms with Crippen LogP contribution in [0, 0.1) is 0 Å². The lowest BCUT2D eigenvalue weighted by Crippen LogP contribution is -2.28. The van der Waals surface area contributed by atoms with Gasteiger partial charge in [0.15, 0.2) is 0 Å². The molecule has 1 aromatic heterocycles. The molecule has 3 N–H and O–H groups in total. The molecule has 4 nitrogen and oxygen atoms in total. The van der Waals surface area contributed by atoms with Gasteiger partial charge in [-0.2, -0.15) is 0 Å². The van der Waals surface area contributed by atoms with Crippen LogP contribution in [0.5, 0.6) is 0 Å². The Balaban J connectivity index is 2.12. The minimum absolute atomic E-state index is 0.659. The smallest absolute Gasteiger partial charge is 0.136 e. The van der Waals surface area contributed by atoms with Gasteiger partial charge in [-0.15, -0.1) is 0 Å². The lowest BCUT2D eigenvalue weighted by Gasteiger charge is -2.23. The summed E-state index contributed by atoms with van der Waals surface area (Å²) in [5, 5.41) is 6.11. The standard InChI is InChI=1S/C14H17ClN4/c15-10-8-12-11(13(16)9-10)2-4-18-14(12)19-6-1-3-17-5-7-19/h2,4,8-9,17H,1,3,5-7,16H2. The highest BCUT2D eigenvalue weighted by atomic mass is 35.5. The van der Waals surface area contributed by atoms with Crippen LogP contribution in [0.3, 0.4) is 0 Å². The van der Waals surface area contributed by atoms with Gasteiger partial charge in [-0.3, -0.25) is 0 Å². The number of rotatable bonds is 1. The molecule has 0 saturated carbocycles. The van der Waals surface area contributed by atoms with Crippen LogP contribution in [0.15, 0.2) is 24.4 Å². The molecule has 0 spiro atoms. The van der Waals surface area contributed by atoms with Crippen LogP contribution >= 0.6 is 11.6 Å². The predicted molar refractivity (Wildman–Crippen MR) is 80.9 cm³/mol. The van der Waals surface area contributed by atoms with Crippen molar-refractivity contribution in [1.82, 2.24) is 10.3 Å². The van der Waals surface area contributed by atoms with Gasteiger partial charge in [0.1, 0.15) is 5.82 Å². The Morgan fingerprint density at radius 2 is 2.11 bits per heavy atom. The number of fused-ring (bicyclic) bond motifs is 1. The number of nitrogen functional groups attached to an aromatic ring is 1. The molecule has 19 heavy (non-hydrogen) atoms. The molecule has 2 aromatic rings. The molecule has 1 aromatic carbocycles. The second-order valence-corrected chi connectivity index (χ2v) is 5.25. The van der Waals surface area contributed by atoms with Gasteiger partial charge >= 0.3 is 0 Å². The number of nitrogens with zero attached hydrogens (tertiary/aromatic N) is 2. The summed E-state index contributed by atoms with van der Waals surface area (Å²) in [4.78, 5) is 6.84. The van der Waals surface area contributed by atoms with Crippen molar-refractivity contribution < 1.29 is 0 Å². The summed E-state index contributed by atoms with van der Waals surface area (Å²) in [6.45, 7) is 4.00. The average molecular weight is 277 g/mol. The predicted octanol–water partition coefficient (Wildman–Crippen LogP) is 2.27. The van der Waals surface area contributed by atoms with Crippen LogP contribution < -0.4 is 16.0 Å². The molecule has 0 unspecified atom stereocenters. The molecule has 0 aliphatic carbocycles. The van der Waals surface area contributed by atoms with Gasteiger partial charge in [-0.05, 0) is 31.2 Å². The molecule has 100 valence electrons. The molecular formula is C14H17ClN4. The molecule has 1 fully saturated rings. The summed E-state index contributed by atoms with van der Waals surface area (Å²) < 4.78 is 0. The largest absolute Gasteiger partial charge is 0.398 e. The van der Waals surface area contributed by atoms with E-state index in [4.69, 9.17) is 17.3 Å². The molecule has 5 heteroatoms. The lowest BCUT2D eigenvalue weighted by atomic mass is 10.1. The maximum atomic E-state index is 6.13. The Morgan fingerprint density at radius 3 is 3.00 bits per heavy atom. The fraction of sp³-hybridized carbons (Fsp3) is 0.357. The highest BCUT2D eigenvalue weighted by Gasteiger charge is 2.14. The van der Waals surface area contributed by atoms with Crippen LogP contribution in [0.1, 0.15) is 6.42 Å². The first-order valence-corrected chi connectivity index (χ1v) is 6.93. The van der Waals surface area contributed by atoms with Gasteiger partial charge in [0.25, 0.3) is 0 Å². The van der Waals surface area contributed by atoms with Crippen molar-refractivity contribution in [3.8, 4) is 0 Å². The van der Waals surface area contributed by atoms with E-state index in [0.29, 0.717) is 10.7 Å². The zero-order valence-electron chi connectivity index (χ0n) is 10.7. The number of hydrogen-bond acceptors (Lipinski definition) is 4. The molecular weight excluding hydrogens is 260 g/mol. The molecule has 0 bridgehead atoms. The summed E-state index contributed by atoms with van der Waals surface area (Å²) in [7, 11) is 0. The number of nitrogens with two attached hydrogens (primary N) is 1.